The van der Waals surface area contributed by atoms with E-state index in [1.807, 2.05) is 0 Å². The molecule has 0 fully saturated rings. The summed E-state index contributed by atoms with van der Waals surface area (Å²) in [7, 11) is 1.72. The van der Waals surface area contributed by atoms with Gasteiger partial charge in [0.15, 0.2) is 0 Å². The van der Waals surface area contributed by atoms with E-state index in [2.05, 4.69) is 72.2 Å². The highest BCUT2D eigenvalue weighted by molar-refractivity contribution is 9.09. The lowest BCUT2D eigenvalue weighted by Gasteiger charge is -2.14. The van der Waals surface area contributed by atoms with Gasteiger partial charge < -0.3 is 4.74 Å². The number of halogens is 1. The third-order valence-corrected chi connectivity index (χ3v) is 4.31. The van der Waals surface area contributed by atoms with E-state index in [0.717, 1.165) is 12.2 Å². The third kappa shape index (κ3) is 3.38. The zero-order valence-corrected chi connectivity index (χ0v) is 13.2. The summed E-state index contributed by atoms with van der Waals surface area (Å²) in [5.41, 5.74) is 5.14. The number of hydrogen-bond acceptors (Lipinski definition) is 1. The van der Waals surface area contributed by atoms with Crippen LogP contribution >= 0.6 is 15.9 Å². The number of methoxy groups -OCH3 is 1. The molecule has 0 spiro atoms. The Morgan fingerprint density at radius 1 is 1.05 bits per heavy atom. The Bertz CT molecular complexity index is 563. The molecule has 2 rings (SSSR count). The molecule has 1 unspecified atom stereocenters. The zero-order chi connectivity index (χ0) is 13.8. The van der Waals surface area contributed by atoms with Gasteiger partial charge in [-0.1, -0.05) is 52.3 Å². The van der Waals surface area contributed by atoms with Gasteiger partial charge in [-0.2, -0.15) is 0 Å². The fourth-order valence-corrected chi connectivity index (χ4v) is 2.82. The Morgan fingerprint density at radius 2 is 1.79 bits per heavy atom. The fraction of sp³-hybridized carbons (Fsp3) is 0.294. The van der Waals surface area contributed by atoms with Crippen molar-refractivity contribution in [3.63, 3.8) is 0 Å². The van der Waals surface area contributed by atoms with Gasteiger partial charge in [0.25, 0.3) is 0 Å². The molecule has 0 amide bonds. The molecule has 1 nitrogen and oxygen atoms in total. The smallest absolute Gasteiger partial charge is 0.122 e. The maximum absolute atomic E-state index is 5.39. The summed E-state index contributed by atoms with van der Waals surface area (Å²) in [4.78, 5) is 0.308. The molecule has 2 heteroatoms. The van der Waals surface area contributed by atoms with Crippen molar-refractivity contribution in [3.05, 3.63) is 64.7 Å². The molecule has 19 heavy (non-hydrogen) atoms. The van der Waals surface area contributed by atoms with E-state index in [4.69, 9.17) is 4.74 Å². The molecule has 0 saturated heterocycles. The van der Waals surface area contributed by atoms with E-state index in [1.165, 1.54) is 22.3 Å². The molecule has 0 aromatic heterocycles. The molecular weight excluding hydrogens is 300 g/mol. The highest BCUT2D eigenvalue weighted by Gasteiger charge is 2.11. The van der Waals surface area contributed by atoms with E-state index in [0.29, 0.717) is 4.83 Å². The predicted octanol–water partition coefficient (Wildman–Crippen LogP) is 4.99. The predicted molar refractivity (Wildman–Crippen MR) is 84.3 cm³/mol. The summed E-state index contributed by atoms with van der Waals surface area (Å²) in [6, 6.07) is 14.9. The summed E-state index contributed by atoms with van der Waals surface area (Å²) in [5.74, 6) is 0.951. The van der Waals surface area contributed by atoms with Crippen LogP contribution in [0.1, 0.15) is 27.1 Å². The molecular formula is C17H19BrO. The van der Waals surface area contributed by atoms with E-state index >= 15 is 0 Å². The lowest BCUT2D eigenvalue weighted by atomic mass is 9.99. The van der Waals surface area contributed by atoms with Crippen molar-refractivity contribution in [2.24, 2.45) is 0 Å². The second kappa shape index (κ2) is 6.25. The maximum atomic E-state index is 5.39. The zero-order valence-electron chi connectivity index (χ0n) is 11.6. The van der Waals surface area contributed by atoms with Crippen LogP contribution in [-0.2, 0) is 6.42 Å². The van der Waals surface area contributed by atoms with Crippen LogP contribution in [0, 0.1) is 13.8 Å². The van der Waals surface area contributed by atoms with Crippen LogP contribution in [0.2, 0.25) is 0 Å². The van der Waals surface area contributed by atoms with Crippen molar-refractivity contribution in [2.75, 3.05) is 7.11 Å². The maximum Gasteiger partial charge on any atom is 0.122 e. The molecule has 1 atom stereocenters. The van der Waals surface area contributed by atoms with E-state index in [-0.39, 0.29) is 0 Å². The number of ether oxygens (including phenoxy) is 1. The first-order valence-corrected chi connectivity index (χ1v) is 7.36. The van der Waals surface area contributed by atoms with Gasteiger partial charge in [-0.25, -0.2) is 0 Å². The first kappa shape index (κ1) is 14.1. The van der Waals surface area contributed by atoms with Crippen LogP contribution in [0.15, 0.2) is 42.5 Å². The second-order valence-electron chi connectivity index (χ2n) is 4.83. The average molecular weight is 319 g/mol. The van der Waals surface area contributed by atoms with Crippen molar-refractivity contribution < 1.29 is 4.74 Å². The number of alkyl halides is 1. The molecule has 0 aliphatic rings. The molecule has 0 aliphatic heterocycles. The quantitative estimate of drug-likeness (QED) is 0.721. The summed E-state index contributed by atoms with van der Waals surface area (Å²) in [6.45, 7) is 4.22. The van der Waals surface area contributed by atoms with Gasteiger partial charge in [0.05, 0.1) is 7.11 Å². The normalized spacial score (nSPS) is 12.2. The topological polar surface area (TPSA) is 9.23 Å². The molecule has 0 bridgehead atoms. The van der Waals surface area contributed by atoms with Crippen LogP contribution < -0.4 is 4.74 Å². The van der Waals surface area contributed by atoms with E-state index in [1.54, 1.807) is 7.11 Å². The van der Waals surface area contributed by atoms with E-state index in [9.17, 15) is 0 Å². The Labute approximate surface area is 123 Å². The third-order valence-electron chi connectivity index (χ3n) is 3.45. The highest BCUT2D eigenvalue weighted by atomic mass is 79.9. The summed E-state index contributed by atoms with van der Waals surface area (Å²) in [6.07, 6.45) is 0.985. The van der Waals surface area contributed by atoms with Crippen LogP contribution in [0.25, 0.3) is 0 Å². The lowest BCUT2D eigenvalue weighted by molar-refractivity contribution is 0.411. The first-order valence-electron chi connectivity index (χ1n) is 6.45. The Kier molecular flexibility index (Phi) is 4.65. The molecule has 0 radical (unpaired) electrons. The number of benzene rings is 2. The Balaban J connectivity index is 2.20. The summed E-state index contributed by atoms with van der Waals surface area (Å²) >= 11 is 3.79. The largest absolute Gasteiger partial charge is 0.496 e. The van der Waals surface area contributed by atoms with Crippen molar-refractivity contribution in [2.45, 2.75) is 25.1 Å². The van der Waals surface area contributed by atoms with Crippen LogP contribution in [0.3, 0.4) is 0 Å². The van der Waals surface area contributed by atoms with Crippen molar-refractivity contribution in [1.29, 1.82) is 0 Å². The standard InChI is InChI=1S/C17H19BrO/c1-12-6-4-5-7-14(12)10-16(18)15-9-8-13(2)17(11-15)19-3/h4-9,11,16H,10H2,1-3H3. The molecule has 2 aromatic carbocycles. The summed E-state index contributed by atoms with van der Waals surface area (Å²) in [5, 5.41) is 0. The average Bonchev–Trinajstić information content (AvgIpc) is 2.42. The lowest BCUT2D eigenvalue weighted by Crippen LogP contribution is -1.98. The van der Waals surface area contributed by atoms with Gasteiger partial charge in [0.2, 0.25) is 0 Å². The molecule has 0 aliphatic carbocycles. The molecule has 0 heterocycles. The Hall–Kier alpha value is -1.28. The summed E-state index contributed by atoms with van der Waals surface area (Å²) < 4.78 is 5.39. The molecule has 0 saturated carbocycles. The van der Waals surface area contributed by atoms with Crippen LogP contribution in [0.5, 0.6) is 5.75 Å². The number of aryl methyl sites for hydroxylation is 2. The first-order chi connectivity index (χ1) is 9.11. The number of rotatable bonds is 4. The van der Waals surface area contributed by atoms with Crippen LogP contribution in [-0.4, -0.2) is 7.11 Å². The van der Waals surface area contributed by atoms with Crippen molar-refractivity contribution >= 4 is 15.9 Å². The molecule has 2 aromatic rings. The second-order valence-corrected chi connectivity index (χ2v) is 5.93. The minimum Gasteiger partial charge on any atom is -0.496 e. The highest BCUT2D eigenvalue weighted by Crippen LogP contribution is 2.31. The SMILES string of the molecule is COc1cc(C(Br)Cc2ccccc2C)ccc1C. The number of hydrogen-bond donors (Lipinski definition) is 0. The fourth-order valence-electron chi connectivity index (χ4n) is 2.18. The monoisotopic (exact) mass is 318 g/mol. The minimum atomic E-state index is 0.308. The van der Waals surface area contributed by atoms with Crippen molar-refractivity contribution in [1.82, 2.24) is 0 Å². The molecule has 100 valence electrons. The van der Waals surface area contributed by atoms with E-state index < -0.39 is 0 Å². The van der Waals surface area contributed by atoms with Gasteiger partial charge in [-0.3, -0.25) is 0 Å². The van der Waals surface area contributed by atoms with Crippen molar-refractivity contribution in [3.8, 4) is 5.75 Å². The minimum absolute atomic E-state index is 0.308. The van der Waals surface area contributed by atoms with Gasteiger partial charge in [0, 0.05) is 4.83 Å². The van der Waals surface area contributed by atoms with Gasteiger partial charge in [0.1, 0.15) is 5.75 Å². The van der Waals surface area contributed by atoms with Gasteiger partial charge in [-0.15, -0.1) is 0 Å². The van der Waals surface area contributed by atoms with Gasteiger partial charge in [-0.05, 0) is 48.6 Å². The Morgan fingerprint density at radius 3 is 2.47 bits per heavy atom. The van der Waals surface area contributed by atoms with Gasteiger partial charge >= 0.3 is 0 Å². The molecule has 0 N–H and O–H groups in total. The van der Waals surface area contributed by atoms with Crippen LogP contribution in [0.4, 0.5) is 0 Å².